The van der Waals surface area contributed by atoms with E-state index in [0.717, 1.165) is 16.4 Å². The van der Waals surface area contributed by atoms with Crippen LogP contribution in [-0.4, -0.2) is 14.7 Å². The topological polar surface area (TPSA) is 58.2 Å². The lowest BCUT2D eigenvalue weighted by Crippen LogP contribution is -2.10. The highest BCUT2D eigenvalue weighted by Crippen LogP contribution is 2.29. The largest absolute Gasteiger partial charge is 0.380 e. The Hall–Kier alpha value is -0.760. The van der Waals surface area contributed by atoms with Crippen molar-refractivity contribution in [3.05, 3.63) is 43.5 Å². The first kappa shape index (κ1) is 16.6. The summed E-state index contributed by atoms with van der Waals surface area (Å²) >= 11 is 11.3. The first-order chi connectivity index (χ1) is 9.74. The van der Waals surface area contributed by atoms with Gasteiger partial charge >= 0.3 is 0 Å². The average molecular weight is 410 g/mol. The smallest absolute Gasteiger partial charge is 0.229 e. The van der Waals surface area contributed by atoms with E-state index in [1.807, 2.05) is 0 Å². The Labute approximate surface area is 141 Å². The van der Waals surface area contributed by atoms with Crippen LogP contribution >= 0.6 is 38.9 Å². The minimum Gasteiger partial charge on any atom is -0.380 e. The van der Waals surface area contributed by atoms with E-state index >= 15 is 0 Å². The summed E-state index contributed by atoms with van der Waals surface area (Å²) in [5.74, 6) is 0. The maximum Gasteiger partial charge on any atom is 0.229 e. The van der Waals surface area contributed by atoms with Crippen molar-refractivity contribution in [1.29, 1.82) is 0 Å². The molecule has 1 aromatic carbocycles. The number of sulfonamides is 1. The number of hydrogen-bond donors (Lipinski definition) is 2. The van der Waals surface area contributed by atoms with Crippen molar-refractivity contribution in [2.24, 2.45) is 0 Å². The lowest BCUT2D eigenvalue weighted by atomic mass is 10.3. The Morgan fingerprint density at radius 2 is 2.05 bits per heavy atom. The van der Waals surface area contributed by atoms with Gasteiger partial charge in [-0.1, -0.05) is 11.6 Å². The number of benzene rings is 1. The Bertz CT molecular complexity index is 740. The summed E-state index contributed by atoms with van der Waals surface area (Å²) in [4.78, 5) is 2.44. The summed E-state index contributed by atoms with van der Waals surface area (Å²) in [5, 5.41) is 3.62. The highest BCUT2D eigenvalue weighted by atomic mass is 79.9. The fourth-order valence-electron chi connectivity index (χ4n) is 1.70. The fraction of sp³-hybridized carbons (Fsp3) is 0.231. The van der Waals surface area contributed by atoms with Crippen LogP contribution in [0.4, 0.5) is 11.4 Å². The molecule has 0 fully saturated rings. The molecule has 1 aromatic heterocycles. The summed E-state index contributed by atoms with van der Waals surface area (Å²) in [6, 6.07) is 7.20. The van der Waals surface area contributed by atoms with Gasteiger partial charge in [0.15, 0.2) is 0 Å². The third-order valence-corrected chi connectivity index (χ3v) is 5.68. The molecule has 0 spiro atoms. The molecule has 4 nitrogen and oxygen atoms in total. The lowest BCUT2D eigenvalue weighted by Gasteiger charge is -2.09. The number of anilines is 2. The number of thiophene rings is 1. The summed E-state index contributed by atoms with van der Waals surface area (Å²) in [6.45, 7) is 2.74. The molecule has 1 heterocycles. The maximum atomic E-state index is 11.2. The van der Waals surface area contributed by atoms with Crippen molar-refractivity contribution in [3.63, 3.8) is 0 Å². The van der Waals surface area contributed by atoms with Crippen LogP contribution in [0.2, 0.25) is 5.02 Å². The van der Waals surface area contributed by atoms with E-state index < -0.39 is 10.0 Å². The number of halogens is 2. The second-order valence-corrected chi connectivity index (χ2v) is 8.89. The van der Waals surface area contributed by atoms with Gasteiger partial charge in [0, 0.05) is 26.5 Å². The highest BCUT2D eigenvalue weighted by molar-refractivity contribution is 9.10. The van der Waals surface area contributed by atoms with Crippen LogP contribution in [-0.2, 0) is 16.6 Å². The van der Waals surface area contributed by atoms with Crippen LogP contribution in [0.3, 0.4) is 0 Å². The molecule has 2 rings (SSSR count). The molecule has 0 bridgehead atoms. The number of rotatable bonds is 5. The molecule has 0 aliphatic carbocycles. The van der Waals surface area contributed by atoms with E-state index in [1.165, 1.54) is 9.75 Å². The minimum atomic E-state index is -3.33. The standard InChI is InChI=1S/C13H14BrClN2O2S2/c1-8-11(14)6-10(20-8)7-16-9-3-4-13(12(15)5-9)17-21(2,18)19/h3-6,16-17H,7H2,1-2H3. The molecule has 0 saturated carbocycles. The van der Waals surface area contributed by atoms with E-state index in [1.54, 1.807) is 29.5 Å². The van der Waals surface area contributed by atoms with Gasteiger partial charge in [-0.3, -0.25) is 4.72 Å². The number of nitrogens with one attached hydrogen (secondary N) is 2. The fourth-order valence-corrected chi connectivity index (χ4v) is 4.10. The zero-order valence-electron chi connectivity index (χ0n) is 11.4. The summed E-state index contributed by atoms with van der Waals surface area (Å²) in [5.41, 5.74) is 1.21. The third-order valence-electron chi connectivity index (χ3n) is 2.64. The van der Waals surface area contributed by atoms with Crippen LogP contribution in [0.15, 0.2) is 28.7 Å². The van der Waals surface area contributed by atoms with Crippen molar-refractivity contribution < 1.29 is 8.42 Å². The van der Waals surface area contributed by atoms with Crippen LogP contribution < -0.4 is 10.0 Å². The number of aryl methyl sites for hydroxylation is 1. The molecule has 114 valence electrons. The highest BCUT2D eigenvalue weighted by Gasteiger charge is 2.07. The van der Waals surface area contributed by atoms with Crippen LogP contribution in [0.5, 0.6) is 0 Å². The van der Waals surface area contributed by atoms with Gasteiger partial charge < -0.3 is 5.32 Å². The van der Waals surface area contributed by atoms with E-state index in [9.17, 15) is 8.42 Å². The van der Waals surface area contributed by atoms with E-state index in [2.05, 4.69) is 39.0 Å². The molecule has 21 heavy (non-hydrogen) atoms. The number of hydrogen-bond acceptors (Lipinski definition) is 4. The van der Waals surface area contributed by atoms with Crippen LogP contribution in [0.25, 0.3) is 0 Å². The first-order valence-corrected chi connectivity index (χ1v) is 9.88. The van der Waals surface area contributed by atoms with Gasteiger partial charge in [-0.15, -0.1) is 11.3 Å². The molecular formula is C13H14BrClN2O2S2. The normalized spacial score (nSPS) is 11.4. The molecule has 0 amide bonds. The Kier molecular flexibility index (Phi) is 5.19. The molecule has 2 aromatic rings. The summed E-state index contributed by atoms with van der Waals surface area (Å²) in [6.07, 6.45) is 1.09. The molecule has 0 atom stereocenters. The van der Waals surface area contributed by atoms with Gasteiger partial charge in [-0.2, -0.15) is 0 Å². The Balaban J connectivity index is 2.06. The van der Waals surface area contributed by atoms with Crippen LogP contribution in [0.1, 0.15) is 9.75 Å². The Morgan fingerprint density at radius 1 is 1.33 bits per heavy atom. The van der Waals surface area contributed by atoms with Crippen molar-refractivity contribution in [2.75, 3.05) is 16.3 Å². The zero-order chi connectivity index (χ0) is 15.6. The van der Waals surface area contributed by atoms with Crippen molar-refractivity contribution in [1.82, 2.24) is 0 Å². The van der Waals surface area contributed by atoms with Crippen molar-refractivity contribution in [3.8, 4) is 0 Å². The predicted octanol–water partition coefficient (Wildman–Crippen LogP) is 4.46. The molecule has 0 saturated heterocycles. The first-order valence-electron chi connectivity index (χ1n) is 6.00. The average Bonchev–Trinajstić information content (AvgIpc) is 2.68. The predicted molar refractivity (Wildman–Crippen MR) is 94.0 cm³/mol. The maximum absolute atomic E-state index is 11.2. The second-order valence-electron chi connectivity index (χ2n) is 4.54. The van der Waals surface area contributed by atoms with E-state index in [4.69, 9.17) is 11.6 Å². The van der Waals surface area contributed by atoms with Gasteiger partial charge in [0.2, 0.25) is 10.0 Å². The third kappa shape index (κ3) is 4.88. The molecule has 0 aliphatic rings. The minimum absolute atomic E-state index is 0.356. The zero-order valence-corrected chi connectivity index (χ0v) is 15.4. The van der Waals surface area contributed by atoms with Crippen molar-refractivity contribution >= 4 is 60.3 Å². The van der Waals surface area contributed by atoms with Gasteiger partial charge in [0.1, 0.15) is 0 Å². The van der Waals surface area contributed by atoms with E-state index in [-0.39, 0.29) is 0 Å². The molecule has 0 aliphatic heterocycles. The monoisotopic (exact) mass is 408 g/mol. The van der Waals surface area contributed by atoms with Gasteiger partial charge in [0.05, 0.1) is 17.0 Å². The quantitative estimate of drug-likeness (QED) is 0.766. The van der Waals surface area contributed by atoms with E-state index in [0.29, 0.717) is 17.3 Å². The van der Waals surface area contributed by atoms with Crippen LogP contribution in [0, 0.1) is 6.92 Å². The Morgan fingerprint density at radius 3 is 2.57 bits per heavy atom. The molecular weight excluding hydrogens is 396 g/mol. The summed E-state index contributed by atoms with van der Waals surface area (Å²) in [7, 11) is -3.33. The molecule has 0 unspecified atom stereocenters. The molecule has 2 N–H and O–H groups in total. The molecule has 8 heteroatoms. The van der Waals surface area contributed by atoms with Gasteiger partial charge in [0.25, 0.3) is 0 Å². The molecule has 0 radical (unpaired) electrons. The lowest BCUT2D eigenvalue weighted by molar-refractivity contribution is 0.607. The van der Waals surface area contributed by atoms with Gasteiger partial charge in [-0.25, -0.2) is 8.42 Å². The van der Waals surface area contributed by atoms with Gasteiger partial charge in [-0.05, 0) is 47.1 Å². The second kappa shape index (κ2) is 6.56. The van der Waals surface area contributed by atoms with Crippen molar-refractivity contribution in [2.45, 2.75) is 13.5 Å². The summed E-state index contributed by atoms with van der Waals surface area (Å²) < 4.78 is 25.9. The SMILES string of the molecule is Cc1sc(CNc2ccc(NS(C)(=O)=O)c(Cl)c2)cc1Br.